The van der Waals surface area contributed by atoms with Gasteiger partial charge in [-0.2, -0.15) is 0 Å². The lowest BCUT2D eigenvalue weighted by atomic mass is 10.2. The smallest absolute Gasteiger partial charge is 0.256 e. The van der Waals surface area contributed by atoms with Crippen molar-refractivity contribution in [3.05, 3.63) is 19.2 Å². The molecule has 0 aromatic carbocycles. The van der Waals surface area contributed by atoms with Gasteiger partial charge in [-0.1, -0.05) is 15.9 Å². The number of likely N-dealkylation sites (tertiary alicyclic amines) is 1. The topological polar surface area (TPSA) is 20.3 Å². The molecular weight excluding hydrogens is 422 g/mol. The second-order valence-electron chi connectivity index (χ2n) is 3.69. The summed E-state index contributed by atoms with van der Waals surface area (Å²) in [4.78, 5) is 14.3. The van der Waals surface area contributed by atoms with Crippen LogP contribution in [0.25, 0.3) is 0 Å². The van der Waals surface area contributed by atoms with E-state index in [0.29, 0.717) is 6.04 Å². The van der Waals surface area contributed by atoms with Crippen LogP contribution in [-0.4, -0.2) is 28.7 Å². The van der Waals surface area contributed by atoms with Gasteiger partial charge in [-0.3, -0.25) is 4.79 Å². The summed E-state index contributed by atoms with van der Waals surface area (Å²) in [7, 11) is 0. The highest BCUT2D eigenvalue weighted by Crippen LogP contribution is 2.34. The molecule has 0 spiro atoms. The third-order valence-electron chi connectivity index (χ3n) is 2.70. The molecule has 0 radical (unpaired) electrons. The lowest BCUT2D eigenvalue weighted by Crippen LogP contribution is -2.36. The maximum absolute atomic E-state index is 12.3. The van der Waals surface area contributed by atoms with E-state index >= 15 is 0 Å². The van der Waals surface area contributed by atoms with Crippen LogP contribution in [-0.2, 0) is 0 Å². The molecule has 1 amide bonds. The average molecular weight is 432 g/mol. The van der Waals surface area contributed by atoms with E-state index in [1.54, 1.807) is 0 Å². The molecule has 1 fully saturated rings. The quantitative estimate of drug-likeness (QED) is 0.640. The molecular formula is C10H10Br3NOS. The lowest BCUT2D eigenvalue weighted by Gasteiger charge is -2.22. The van der Waals surface area contributed by atoms with Crippen molar-refractivity contribution in [1.82, 2.24) is 4.90 Å². The second kappa shape index (κ2) is 5.50. The van der Waals surface area contributed by atoms with E-state index in [-0.39, 0.29) is 5.91 Å². The van der Waals surface area contributed by atoms with E-state index in [1.807, 2.05) is 11.0 Å². The number of carbonyl (C=O) groups is 1. The average Bonchev–Trinajstić information content (AvgIpc) is 2.83. The molecule has 6 heteroatoms. The highest BCUT2D eigenvalue weighted by atomic mass is 79.9. The first-order valence-corrected chi connectivity index (χ1v) is 8.47. The molecule has 1 saturated heterocycles. The monoisotopic (exact) mass is 429 g/mol. The zero-order valence-corrected chi connectivity index (χ0v) is 14.0. The summed E-state index contributed by atoms with van der Waals surface area (Å²) in [5, 5.41) is 0.863. The van der Waals surface area contributed by atoms with Gasteiger partial charge < -0.3 is 4.90 Å². The molecule has 0 saturated carbocycles. The maximum Gasteiger partial charge on any atom is 0.256 e. The molecule has 1 unspecified atom stereocenters. The lowest BCUT2D eigenvalue weighted by molar-refractivity contribution is 0.0750. The van der Waals surface area contributed by atoms with Gasteiger partial charge in [0.25, 0.3) is 5.91 Å². The van der Waals surface area contributed by atoms with Crippen molar-refractivity contribution in [3.8, 4) is 0 Å². The van der Waals surface area contributed by atoms with Crippen LogP contribution in [0.4, 0.5) is 0 Å². The Morgan fingerprint density at radius 3 is 2.88 bits per heavy atom. The standard InChI is InChI=1S/C10H10Br3NOS/c11-5-6-2-1-3-14(6)10(15)7-4-8(12)16-9(7)13/h4,6H,1-3,5H2. The fourth-order valence-electron chi connectivity index (χ4n) is 1.90. The largest absolute Gasteiger partial charge is 0.335 e. The Morgan fingerprint density at radius 1 is 1.56 bits per heavy atom. The van der Waals surface area contributed by atoms with Crippen molar-refractivity contribution in [3.63, 3.8) is 0 Å². The molecule has 16 heavy (non-hydrogen) atoms. The van der Waals surface area contributed by atoms with E-state index in [1.165, 1.54) is 11.3 Å². The van der Waals surface area contributed by atoms with Crippen molar-refractivity contribution < 1.29 is 4.79 Å². The van der Waals surface area contributed by atoms with E-state index in [4.69, 9.17) is 0 Å². The van der Waals surface area contributed by atoms with Crippen molar-refractivity contribution >= 4 is 65.0 Å². The minimum absolute atomic E-state index is 0.135. The number of alkyl halides is 1. The van der Waals surface area contributed by atoms with Crippen LogP contribution >= 0.6 is 59.1 Å². The van der Waals surface area contributed by atoms with Crippen LogP contribution in [0.1, 0.15) is 23.2 Å². The number of hydrogen-bond donors (Lipinski definition) is 0. The van der Waals surface area contributed by atoms with Gasteiger partial charge in [-0.15, -0.1) is 11.3 Å². The van der Waals surface area contributed by atoms with E-state index in [9.17, 15) is 4.79 Å². The molecule has 2 rings (SSSR count). The summed E-state index contributed by atoms with van der Waals surface area (Å²) >= 11 is 11.8. The molecule has 1 aromatic rings. The summed E-state index contributed by atoms with van der Waals surface area (Å²) in [5.74, 6) is 0.135. The zero-order valence-electron chi connectivity index (χ0n) is 8.38. The molecule has 88 valence electrons. The van der Waals surface area contributed by atoms with Crippen molar-refractivity contribution in [1.29, 1.82) is 0 Å². The Morgan fingerprint density at radius 2 is 2.31 bits per heavy atom. The predicted molar refractivity (Wildman–Crippen MR) is 77.6 cm³/mol. The van der Waals surface area contributed by atoms with Crippen molar-refractivity contribution in [2.45, 2.75) is 18.9 Å². The molecule has 2 heterocycles. The first kappa shape index (κ1) is 13.1. The van der Waals surface area contributed by atoms with E-state index < -0.39 is 0 Å². The van der Waals surface area contributed by atoms with Gasteiger partial charge in [0.2, 0.25) is 0 Å². The second-order valence-corrected chi connectivity index (χ2v) is 8.08. The zero-order chi connectivity index (χ0) is 11.7. The molecule has 2 nitrogen and oxygen atoms in total. The van der Waals surface area contributed by atoms with E-state index in [2.05, 4.69) is 47.8 Å². The van der Waals surface area contributed by atoms with Gasteiger partial charge in [0.05, 0.1) is 13.1 Å². The molecule has 1 aliphatic rings. The van der Waals surface area contributed by atoms with Gasteiger partial charge in [0.1, 0.15) is 0 Å². The number of nitrogens with zero attached hydrogens (tertiary/aromatic N) is 1. The normalized spacial score (nSPS) is 20.4. The third kappa shape index (κ3) is 2.54. The molecule has 1 atom stereocenters. The summed E-state index contributed by atoms with van der Waals surface area (Å²) in [5.41, 5.74) is 0.768. The first-order chi connectivity index (χ1) is 7.63. The summed E-state index contributed by atoms with van der Waals surface area (Å²) in [6.07, 6.45) is 2.20. The van der Waals surface area contributed by atoms with Crippen molar-refractivity contribution in [2.75, 3.05) is 11.9 Å². The molecule has 0 N–H and O–H groups in total. The van der Waals surface area contributed by atoms with Gasteiger partial charge in [-0.05, 0) is 50.8 Å². The fourth-order valence-corrected chi connectivity index (χ4v) is 5.36. The highest BCUT2D eigenvalue weighted by molar-refractivity contribution is 9.12. The SMILES string of the molecule is O=C(c1cc(Br)sc1Br)N1CCCC1CBr. The third-order valence-corrected chi connectivity index (χ3v) is 5.79. The molecule has 0 aliphatic carbocycles. The summed E-state index contributed by atoms with van der Waals surface area (Å²) < 4.78 is 1.89. The van der Waals surface area contributed by atoms with Gasteiger partial charge in [-0.25, -0.2) is 0 Å². The Balaban J connectivity index is 2.21. The number of hydrogen-bond acceptors (Lipinski definition) is 2. The van der Waals surface area contributed by atoms with Crippen LogP contribution in [0.3, 0.4) is 0 Å². The maximum atomic E-state index is 12.3. The minimum atomic E-state index is 0.135. The van der Waals surface area contributed by atoms with Crippen LogP contribution in [0, 0.1) is 0 Å². The summed E-state index contributed by atoms with van der Waals surface area (Å²) in [6, 6.07) is 2.24. The molecule has 0 bridgehead atoms. The van der Waals surface area contributed by atoms with Gasteiger partial charge in [0.15, 0.2) is 0 Å². The Bertz CT molecular complexity index is 407. The molecule has 1 aliphatic heterocycles. The van der Waals surface area contributed by atoms with Gasteiger partial charge >= 0.3 is 0 Å². The number of halogens is 3. The van der Waals surface area contributed by atoms with E-state index in [0.717, 1.165) is 37.9 Å². The van der Waals surface area contributed by atoms with Crippen LogP contribution in [0.2, 0.25) is 0 Å². The Labute approximate surface area is 124 Å². The summed E-state index contributed by atoms with van der Waals surface area (Å²) in [6.45, 7) is 0.870. The van der Waals surface area contributed by atoms with Crippen LogP contribution < -0.4 is 0 Å². The number of amides is 1. The number of rotatable bonds is 2. The van der Waals surface area contributed by atoms with Crippen LogP contribution in [0.15, 0.2) is 13.6 Å². The van der Waals surface area contributed by atoms with Crippen LogP contribution in [0.5, 0.6) is 0 Å². The predicted octanol–water partition coefficient (Wildman–Crippen LogP) is 4.27. The fraction of sp³-hybridized carbons (Fsp3) is 0.500. The van der Waals surface area contributed by atoms with Gasteiger partial charge in [0, 0.05) is 17.9 Å². The highest BCUT2D eigenvalue weighted by Gasteiger charge is 2.30. The van der Waals surface area contributed by atoms with Crippen molar-refractivity contribution in [2.24, 2.45) is 0 Å². The molecule has 1 aromatic heterocycles. The Kier molecular flexibility index (Phi) is 4.49. The first-order valence-electron chi connectivity index (χ1n) is 4.95. The Hall–Kier alpha value is 0.610. The minimum Gasteiger partial charge on any atom is -0.335 e. The number of thiophene rings is 1. The number of carbonyl (C=O) groups excluding carboxylic acids is 1.